The van der Waals surface area contributed by atoms with Crippen LogP contribution in [0.4, 0.5) is 0 Å². The number of carboxylic acids is 1. The number of carbonyl (C=O) groups excluding carboxylic acids is 2. The second kappa shape index (κ2) is 6.60. The normalized spacial score (nSPS) is 15.1. The van der Waals surface area contributed by atoms with Crippen LogP contribution in [0.1, 0.15) is 32.3 Å². The second-order valence-electron chi connectivity index (χ2n) is 5.87. The van der Waals surface area contributed by atoms with Gasteiger partial charge in [-0.2, -0.15) is 5.10 Å². The van der Waals surface area contributed by atoms with Gasteiger partial charge in [0.05, 0.1) is 6.54 Å². The number of aliphatic carboxylic acids is 1. The van der Waals surface area contributed by atoms with Crippen LogP contribution in [0.3, 0.4) is 0 Å². The smallest absolute Gasteiger partial charge is 0.328 e. The topological polar surface area (TPSA) is 99.1 Å². The van der Waals surface area contributed by atoms with E-state index in [1.165, 1.54) is 18.9 Å². The fourth-order valence-electron chi connectivity index (χ4n) is 2.05. The van der Waals surface area contributed by atoms with E-state index in [2.05, 4.69) is 10.4 Å². The Morgan fingerprint density at radius 2 is 1.91 bits per heavy atom. The van der Waals surface area contributed by atoms with Crippen molar-refractivity contribution in [1.29, 1.82) is 0 Å². The number of amides is 2. The zero-order chi connectivity index (χ0) is 17.0. The van der Waals surface area contributed by atoms with Gasteiger partial charge in [-0.25, -0.2) is 9.80 Å². The van der Waals surface area contributed by atoms with Gasteiger partial charge in [-0.3, -0.25) is 9.59 Å². The SMILES string of the molecule is CC(C)(NC(=O)C1=NN(Cc2ccccc2)C(=O)CC1)C(=O)O. The van der Waals surface area contributed by atoms with Crippen LogP contribution >= 0.6 is 0 Å². The molecular formula is C16H19N3O4. The minimum Gasteiger partial charge on any atom is -0.480 e. The number of hydrogen-bond acceptors (Lipinski definition) is 4. The molecule has 0 aliphatic carbocycles. The average molecular weight is 317 g/mol. The van der Waals surface area contributed by atoms with Gasteiger partial charge >= 0.3 is 5.97 Å². The predicted molar refractivity (Wildman–Crippen MR) is 83.5 cm³/mol. The van der Waals surface area contributed by atoms with Crippen LogP contribution in [-0.4, -0.2) is 39.1 Å². The first-order chi connectivity index (χ1) is 10.8. The molecule has 2 amide bonds. The molecule has 1 heterocycles. The minimum absolute atomic E-state index is 0.162. The number of carboxylic acid groups (broad SMARTS) is 1. The van der Waals surface area contributed by atoms with Crippen molar-refractivity contribution in [2.24, 2.45) is 5.10 Å². The Kier molecular flexibility index (Phi) is 4.78. The molecule has 0 spiro atoms. The van der Waals surface area contributed by atoms with E-state index in [0.29, 0.717) is 0 Å². The van der Waals surface area contributed by atoms with Gasteiger partial charge in [0.2, 0.25) is 5.91 Å². The van der Waals surface area contributed by atoms with Crippen molar-refractivity contribution >= 4 is 23.5 Å². The molecule has 1 aliphatic heterocycles. The summed E-state index contributed by atoms with van der Waals surface area (Å²) in [6.45, 7) is 3.06. The van der Waals surface area contributed by atoms with E-state index in [-0.39, 0.29) is 31.0 Å². The van der Waals surface area contributed by atoms with E-state index in [1.807, 2.05) is 30.3 Å². The van der Waals surface area contributed by atoms with Crippen LogP contribution in [0, 0.1) is 0 Å². The first-order valence-electron chi connectivity index (χ1n) is 7.27. The maximum atomic E-state index is 12.2. The Hall–Kier alpha value is -2.70. The van der Waals surface area contributed by atoms with E-state index in [4.69, 9.17) is 5.11 Å². The Morgan fingerprint density at radius 1 is 1.26 bits per heavy atom. The van der Waals surface area contributed by atoms with Crippen LogP contribution in [0.25, 0.3) is 0 Å². The summed E-state index contributed by atoms with van der Waals surface area (Å²) in [5.41, 5.74) is -0.335. The molecule has 7 nitrogen and oxygen atoms in total. The molecule has 122 valence electrons. The Balaban J connectivity index is 2.13. The largest absolute Gasteiger partial charge is 0.480 e. The molecule has 0 aromatic heterocycles. The van der Waals surface area contributed by atoms with E-state index in [1.54, 1.807) is 0 Å². The maximum Gasteiger partial charge on any atom is 0.328 e. The highest BCUT2D eigenvalue weighted by atomic mass is 16.4. The van der Waals surface area contributed by atoms with Crippen molar-refractivity contribution in [2.75, 3.05) is 0 Å². The van der Waals surface area contributed by atoms with Gasteiger partial charge in [0, 0.05) is 12.8 Å². The van der Waals surface area contributed by atoms with Crippen LogP contribution in [0.15, 0.2) is 35.4 Å². The molecule has 1 aliphatic rings. The molecule has 2 N–H and O–H groups in total. The molecule has 0 fully saturated rings. The van der Waals surface area contributed by atoms with Gasteiger partial charge < -0.3 is 10.4 Å². The summed E-state index contributed by atoms with van der Waals surface area (Å²) in [6.07, 6.45) is 0.373. The van der Waals surface area contributed by atoms with Crippen molar-refractivity contribution in [1.82, 2.24) is 10.3 Å². The van der Waals surface area contributed by atoms with Gasteiger partial charge in [0.1, 0.15) is 11.3 Å². The first-order valence-corrected chi connectivity index (χ1v) is 7.27. The number of nitrogens with zero attached hydrogens (tertiary/aromatic N) is 2. The van der Waals surface area contributed by atoms with E-state index >= 15 is 0 Å². The summed E-state index contributed by atoms with van der Waals surface area (Å²) in [5.74, 6) is -1.87. The highest BCUT2D eigenvalue weighted by Gasteiger charge is 2.32. The van der Waals surface area contributed by atoms with Crippen LogP contribution in [-0.2, 0) is 20.9 Å². The van der Waals surface area contributed by atoms with Crippen molar-refractivity contribution in [3.05, 3.63) is 35.9 Å². The van der Waals surface area contributed by atoms with E-state index in [9.17, 15) is 14.4 Å². The highest BCUT2D eigenvalue weighted by molar-refractivity contribution is 6.40. The molecule has 0 unspecified atom stereocenters. The summed E-state index contributed by atoms with van der Waals surface area (Å²) in [4.78, 5) is 35.2. The summed E-state index contributed by atoms with van der Waals surface area (Å²) < 4.78 is 0. The quantitative estimate of drug-likeness (QED) is 0.850. The molecule has 0 saturated carbocycles. The number of hydrogen-bond donors (Lipinski definition) is 2. The summed E-state index contributed by atoms with van der Waals surface area (Å²) in [7, 11) is 0. The fourth-order valence-corrected chi connectivity index (χ4v) is 2.05. The summed E-state index contributed by atoms with van der Waals surface area (Å²) in [6, 6.07) is 9.32. The van der Waals surface area contributed by atoms with Crippen LogP contribution < -0.4 is 5.32 Å². The van der Waals surface area contributed by atoms with Gasteiger partial charge in [-0.1, -0.05) is 30.3 Å². The third-order valence-corrected chi connectivity index (χ3v) is 3.50. The second-order valence-corrected chi connectivity index (χ2v) is 5.87. The third-order valence-electron chi connectivity index (χ3n) is 3.50. The molecule has 0 bridgehead atoms. The average Bonchev–Trinajstić information content (AvgIpc) is 2.50. The van der Waals surface area contributed by atoms with Crippen LogP contribution in [0.2, 0.25) is 0 Å². The lowest BCUT2D eigenvalue weighted by atomic mass is 10.0. The summed E-state index contributed by atoms with van der Waals surface area (Å²) >= 11 is 0. The summed E-state index contributed by atoms with van der Waals surface area (Å²) in [5, 5.41) is 16.8. The molecular weight excluding hydrogens is 298 g/mol. The number of rotatable bonds is 5. The number of carbonyl (C=O) groups is 3. The molecule has 1 aromatic carbocycles. The fraction of sp³-hybridized carbons (Fsp3) is 0.375. The third kappa shape index (κ3) is 4.15. The lowest BCUT2D eigenvalue weighted by Gasteiger charge is -2.26. The maximum absolute atomic E-state index is 12.2. The molecule has 2 rings (SSSR count). The monoisotopic (exact) mass is 317 g/mol. The molecule has 0 saturated heterocycles. The van der Waals surface area contributed by atoms with Crippen LogP contribution in [0.5, 0.6) is 0 Å². The van der Waals surface area contributed by atoms with Crippen molar-refractivity contribution in [3.63, 3.8) is 0 Å². The van der Waals surface area contributed by atoms with Gasteiger partial charge in [-0.15, -0.1) is 0 Å². The lowest BCUT2D eigenvalue weighted by Crippen LogP contribution is -2.52. The first kappa shape index (κ1) is 16.7. The van der Waals surface area contributed by atoms with E-state index in [0.717, 1.165) is 5.56 Å². The molecule has 0 atom stereocenters. The Morgan fingerprint density at radius 3 is 2.52 bits per heavy atom. The molecule has 1 aromatic rings. The van der Waals surface area contributed by atoms with Gasteiger partial charge in [0.15, 0.2) is 0 Å². The molecule has 23 heavy (non-hydrogen) atoms. The molecule has 0 radical (unpaired) electrons. The van der Waals surface area contributed by atoms with Crippen molar-refractivity contribution in [2.45, 2.75) is 38.8 Å². The zero-order valence-corrected chi connectivity index (χ0v) is 13.1. The Bertz CT molecular complexity index is 653. The number of hydrazone groups is 1. The standard InChI is InChI=1S/C16H19N3O4/c1-16(2,15(22)23)17-14(21)12-8-9-13(20)19(18-12)10-11-6-4-3-5-7-11/h3-7H,8-10H2,1-2H3,(H,17,21)(H,22,23). The predicted octanol–water partition coefficient (Wildman–Crippen LogP) is 1.14. The Labute approximate surface area is 134 Å². The highest BCUT2D eigenvalue weighted by Crippen LogP contribution is 2.14. The zero-order valence-electron chi connectivity index (χ0n) is 13.1. The molecule has 7 heteroatoms. The number of benzene rings is 1. The van der Waals surface area contributed by atoms with Crippen molar-refractivity contribution in [3.8, 4) is 0 Å². The van der Waals surface area contributed by atoms with Gasteiger partial charge in [-0.05, 0) is 19.4 Å². The van der Waals surface area contributed by atoms with Gasteiger partial charge in [0.25, 0.3) is 5.91 Å². The minimum atomic E-state index is -1.40. The van der Waals surface area contributed by atoms with Crippen molar-refractivity contribution < 1.29 is 19.5 Å². The lowest BCUT2D eigenvalue weighted by molar-refractivity contribution is -0.145. The van der Waals surface area contributed by atoms with E-state index < -0.39 is 17.4 Å². The number of nitrogens with one attached hydrogen (secondary N) is 1.